The van der Waals surface area contributed by atoms with Gasteiger partial charge in [0.05, 0.1) is 0 Å². The standard InChI is InChI=1S/C53H107NO2/c1-43(2)23-17-25-46(7)27-19-29-48(9)31-21-32-50(11)37-40-52(56-53(55)35-15-14-16-42-54(12)13)41-39-51(38-36-45(5)6)34-22-33-49(10)30-20-28-47(8)26-18-24-44(3)4/h43-52H,14-42H2,1-13H3. The third-order valence-corrected chi connectivity index (χ3v) is 13.3. The van der Waals surface area contributed by atoms with Crippen LogP contribution in [0.4, 0.5) is 0 Å². The highest BCUT2D eigenvalue weighted by molar-refractivity contribution is 5.69. The number of carbonyl (C=O) groups excluding carboxylic acids is 1. The number of ether oxygens (including phenoxy) is 1. The van der Waals surface area contributed by atoms with Crippen molar-refractivity contribution in [2.24, 2.45) is 53.3 Å². The van der Waals surface area contributed by atoms with Crippen molar-refractivity contribution in [3.8, 4) is 0 Å². The monoisotopic (exact) mass is 790 g/mol. The van der Waals surface area contributed by atoms with Crippen LogP contribution in [-0.2, 0) is 9.53 Å². The molecule has 3 nitrogen and oxygen atoms in total. The van der Waals surface area contributed by atoms with E-state index in [-0.39, 0.29) is 12.1 Å². The molecule has 56 heavy (non-hydrogen) atoms. The van der Waals surface area contributed by atoms with Gasteiger partial charge in [0.25, 0.3) is 0 Å². The molecule has 7 unspecified atom stereocenters. The van der Waals surface area contributed by atoms with Crippen LogP contribution >= 0.6 is 0 Å². The molecule has 0 aliphatic carbocycles. The van der Waals surface area contributed by atoms with E-state index >= 15 is 0 Å². The maximum absolute atomic E-state index is 13.1. The maximum Gasteiger partial charge on any atom is 0.306 e. The van der Waals surface area contributed by atoms with Gasteiger partial charge in [-0.15, -0.1) is 0 Å². The molecule has 0 saturated heterocycles. The maximum atomic E-state index is 13.1. The van der Waals surface area contributed by atoms with E-state index in [9.17, 15) is 4.79 Å². The second-order valence-corrected chi connectivity index (χ2v) is 21.6. The van der Waals surface area contributed by atoms with Gasteiger partial charge in [-0.05, 0) is 112 Å². The number of hydrogen-bond acceptors (Lipinski definition) is 3. The molecule has 0 aromatic rings. The lowest BCUT2D eigenvalue weighted by molar-refractivity contribution is -0.150. The van der Waals surface area contributed by atoms with Crippen LogP contribution in [0.15, 0.2) is 0 Å². The van der Waals surface area contributed by atoms with Gasteiger partial charge in [-0.25, -0.2) is 0 Å². The van der Waals surface area contributed by atoms with Gasteiger partial charge in [0.2, 0.25) is 0 Å². The molecular formula is C53H107NO2. The molecule has 3 heteroatoms. The lowest BCUT2D eigenvalue weighted by atomic mass is 9.86. The van der Waals surface area contributed by atoms with Crippen LogP contribution in [0.25, 0.3) is 0 Å². The molecule has 0 heterocycles. The van der Waals surface area contributed by atoms with E-state index in [0.717, 1.165) is 86.0 Å². The summed E-state index contributed by atoms with van der Waals surface area (Å²) in [5, 5.41) is 0. The molecule has 0 rings (SSSR count). The third-order valence-electron chi connectivity index (χ3n) is 13.3. The topological polar surface area (TPSA) is 29.5 Å². The Hall–Kier alpha value is -0.570. The molecule has 0 spiro atoms. The van der Waals surface area contributed by atoms with Crippen LogP contribution in [0.5, 0.6) is 0 Å². The number of nitrogens with zero attached hydrogens (tertiary/aromatic N) is 1. The van der Waals surface area contributed by atoms with Crippen LogP contribution in [0.1, 0.15) is 256 Å². The molecule has 336 valence electrons. The summed E-state index contributed by atoms with van der Waals surface area (Å²) < 4.78 is 6.34. The summed E-state index contributed by atoms with van der Waals surface area (Å²) in [4.78, 5) is 15.4. The summed E-state index contributed by atoms with van der Waals surface area (Å²) in [6.45, 7) is 27.6. The summed E-state index contributed by atoms with van der Waals surface area (Å²) in [5.41, 5.74) is 0. The molecule has 0 radical (unpaired) electrons. The largest absolute Gasteiger partial charge is 0.462 e. The Kier molecular flexibility index (Phi) is 35.9. The molecule has 0 aromatic heterocycles. The first-order valence-electron chi connectivity index (χ1n) is 25.4. The van der Waals surface area contributed by atoms with E-state index in [0.29, 0.717) is 12.3 Å². The normalized spacial score (nSPS) is 16.1. The Labute approximate surface area is 355 Å². The zero-order valence-electron chi connectivity index (χ0n) is 41.0. The first-order chi connectivity index (χ1) is 26.6. The zero-order chi connectivity index (χ0) is 42.1. The lowest BCUT2D eigenvalue weighted by Crippen LogP contribution is -2.21. The average Bonchev–Trinajstić information content (AvgIpc) is 3.10. The fraction of sp³-hybridized carbons (Fsp3) is 0.981. The van der Waals surface area contributed by atoms with Crippen LogP contribution in [0.2, 0.25) is 0 Å². The van der Waals surface area contributed by atoms with Gasteiger partial charge in [-0.2, -0.15) is 0 Å². The summed E-state index contributed by atoms with van der Waals surface area (Å²) in [5.74, 6) is 7.42. The fourth-order valence-corrected chi connectivity index (χ4v) is 8.95. The number of carbonyl (C=O) groups is 1. The minimum absolute atomic E-state index is 0.0531. The number of unbranched alkanes of at least 4 members (excludes halogenated alkanes) is 2. The first kappa shape index (κ1) is 55.4. The Balaban J connectivity index is 4.94. The molecule has 0 saturated carbocycles. The molecule has 0 aromatic carbocycles. The van der Waals surface area contributed by atoms with Gasteiger partial charge in [-0.3, -0.25) is 4.79 Å². The van der Waals surface area contributed by atoms with Crippen LogP contribution in [-0.4, -0.2) is 37.6 Å². The molecule has 0 aliphatic rings. The van der Waals surface area contributed by atoms with Crippen molar-refractivity contribution in [2.45, 2.75) is 262 Å². The molecule has 0 fully saturated rings. The molecular weight excluding hydrogens is 683 g/mol. The average molecular weight is 790 g/mol. The van der Waals surface area contributed by atoms with Gasteiger partial charge < -0.3 is 9.64 Å². The van der Waals surface area contributed by atoms with Crippen LogP contribution in [0.3, 0.4) is 0 Å². The van der Waals surface area contributed by atoms with Crippen molar-refractivity contribution in [2.75, 3.05) is 20.6 Å². The van der Waals surface area contributed by atoms with Crippen LogP contribution < -0.4 is 0 Å². The SMILES string of the molecule is CC(C)CCCC(C)CCCC(C)CCCC(C)CCC(CCC(CCCC(C)CCCC(C)CCCC(C)C)CCC(C)C)OC(=O)CCCCCN(C)C. The molecule has 0 amide bonds. The van der Waals surface area contributed by atoms with Crippen molar-refractivity contribution in [1.29, 1.82) is 0 Å². The van der Waals surface area contributed by atoms with E-state index < -0.39 is 0 Å². The highest BCUT2D eigenvalue weighted by Gasteiger charge is 2.20. The number of hydrogen-bond donors (Lipinski definition) is 0. The van der Waals surface area contributed by atoms with E-state index in [2.05, 4.69) is 95.2 Å². The second-order valence-electron chi connectivity index (χ2n) is 21.6. The van der Waals surface area contributed by atoms with E-state index in [4.69, 9.17) is 4.74 Å². The Morgan fingerprint density at radius 1 is 0.375 bits per heavy atom. The first-order valence-corrected chi connectivity index (χ1v) is 25.4. The summed E-state index contributed by atoms with van der Waals surface area (Å²) in [7, 11) is 4.26. The van der Waals surface area contributed by atoms with Gasteiger partial charge in [-0.1, -0.05) is 211 Å². The predicted octanol–water partition coefficient (Wildman–Crippen LogP) is 17.1. The highest BCUT2D eigenvalue weighted by atomic mass is 16.5. The molecule has 0 N–H and O–H groups in total. The van der Waals surface area contributed by atoms with Crippen molar-refractivity contribution in [1.82, 2.24) is 4.90 Å². The van der Waals surface area contributed by atoms with E-state index in [1.54, 1.807) is 0 Å². The summed E-state index contributed by atoms with van der Waals surface area (Å²) in [6, 6.07) is 0. The quantitative estimate of drug-likeness (QED) is 0.0457. The summed E-state index contributed by atoms with van der Waals surface area (Å²) >= 11 is 0. The Morgan fingerprint density at radius 2 is 0.732 bits per heavy atom. The zero-order valence-corrected chi connectivity index (χ0v) is 41.0. The van der Waals surface area contributed by atoms with Crippen molar-refractivity contribution >= 4 is 5.97 Å². The minimum atomic E-state index is 0.0531. The fourth-order valence-electron chi connectivity index (χ4n) is 8.95. The molecule has 0 bridgehead atoms. The second kappa shape index (κ2) is 36.3. The van der Waals surface area contributed by atoms with Crippen molar-refractivity contribution in [3.05, 3.63) is 0 Å². The molecule has 7 atom stereocenters. The minimum Gasteiger partial charge on any atom is -0.462 e. The molecule has 0 aliphatic heterocycles. The smallest absolute Gasteiger partial charge is 0.306 e. The van der Waals surface area contributed by atoms with Crippen molar-refractivity contribution < 1.29 is 9.53 Å². The Bertz CT molecular complexity index is 851. The highest BCUT2D eigenvalue weighted by Crippen LogP contribution is 2.29. The van der Waals surface area contributed by atoms with Crippen LogP contribution in [0, 0.1) is 53.3 Å². The predicted molar refractivity (Wildman–Crippen MR) is 252 cm³/mol. The lowest BCUT2D eigenvalue weighted by Gasteiger charge is -2.24. The van der Waals surface area contributed by atoms with Gasteiger partial charge in [0.15, 0.2) is 0 Å². The third kappa shape index (κ3) is 37.7. The number of rotatable bonds is 40. The summed E-state index contributed by atoms with van der Waals surface area (Å²) in [6.07, 6.45) is 36.0. The van der Waals surface area contributed by atoms with E-state index in [1.165, 1.54) is 141 Å². The van der Waals surface area contributed by atoms with Crippen molar-refractivity contribution in [3.63, 3.8) is 0 Å². The Morgan fingerprint density at radius 3 is 1.14 bits per heavy atom. The van der Waals surface area contributed by atoms with Gasteiger partial charge >= 0.3 is 5.97 Å². The van der Waals surface area contributed by atoms with Gasteiger partial charge in [0, 0.05) is 6.42 Å². The number of esters is 1. The van der Waals surface area contributed by atoms with Gasteiger partial charge in [0.1, 0.15) is 6.10 Å². The van der Waals surface area contributed by atoms with E-state index in [1.807, 2.05) is 0 Å².